The lowest BCUT2D eigenvalue weighted by Crippen LogP contribution is -2.26. The predicted molar refractivity (Wildman–Crippen MR) is 64.1 cm³/mol. The fourth-order valence-corrected chi connectivity index (χ4v) is 1.87. The summed E-state index contributed by atoms with van der Waals surface area (Å²) in [4.78, 5) is 6.45. The van der Waals surface area contributed by atoms with Gasteiger partial charge in [0.2, 0.25) is 5.65 Å². The van der Waals surface area contributed by atoms with E-state index in [2.05, 4.69) is 27.0 Å². The Hall–Kier alpha value is -1.36. The molecule has 0 amide bonds. The van der Waals surface area contributed by atoms with Crippen LogP contribution in [0.25, 0.3) is 5.65 Å². The van der Waals surface area contributed by atoms with Crippen LogP contribution in [0.4, 0.5) is 5.82 Å². The molecule has 0 N–H and O–H groups in total. The van der Waals surface area contributed by atoms with Gasteiger partial charge in [-0.05, 0) is 13.8 Å². The number of aryl methyl sites for hydroxylation is 1. The number of halogens is 1. The summed E-state index contributed by atoms with van der Waals surface area (Å²) in [6.45, 7) is 5.60. The van der Waals surface area contributed by atoms with E-state index in [0.717, 1.165) is 30.4 Å². The average molecular weight is 240 g/mol. The molecule has 0 aromatic carbocycles. The zero-order chi connectivity index (χ0) is 11.5. The number of aromatic nitrogens is 4. The highest BCUT2D eigenvalue weighted by molar-refractivity contribution is 6.18. The number of nitrogens with zero attached hydrogens (tertiary/aromatic N) is 5. The highest BCUT2D eigenvalue weighted by atomic mass is 35.5. The number of hydrogen-bond donors (Lipinski definition) is 0. The van der Waals surface area contributed by atoms with Gasteiger partial charge >= 0.3 is 0 Å². The van der Waals surface area contributed by atoms with Gasteiger partial charge in [0.15, 0.2) is 5.82 Å². The van der Waals surface area contributed by atoms with E-state index >= 15 is 0 Å². The Morgan fingerprint density at radius 1 is 1.44 bits per heavy atom. The summed E-state index contributed by atoms with van der Waals surface area (Å²) < 4.78 is 1.93. The van der Waals surface area contributed by atoms with Crippen LogP contribution in [0, 0.1) is 6.92 Å². The van der Waals surface area contributed by atoms with Crippen LogP contribution in [0.15, 0.2) is 12.4 Å². The van der Waals surface area contributed by atoms with Gasteiger partial charge in [-0.2, -0.15) is 0 Å². The molecule has 0 spiro atoms. The Labute approximate surface area is 99.1 Å². The first kappa shape index (κ1) is 11.1. The molecular formula is C10H14ClN5. The number of fused-ring (bicyclic) bond motifs is 1. The van der Waals surface area contributed by atoms with Gasteiger partial charge in [-0.25, -0.2) is 4.98 Å². The Bertz CT molecular complexity index is 481. The maximum Gasteiger partial charge on any atom is 0.203 e. The molecule has 2 rings (SSSR count). The SMILES string of the molecule is CCN(CCCl)c1nccn2c(C)nnc12. The van der Waals surface area contributed by atoms with Gasteiger partial charge in [-0.1, -0.05) is 0 Å². The first-order valence-electron chi connectivity index (χ1n) is 5.25. The third kappa shape index (κ3) is 1.82. The molecule has 5 nitrogen and oxygen atoms in total. The fourth-order valence-electron chi connectivity index (χ4n) is 1.67. The van der Waals surface area contributed by atoms with Crippen molar-refractivity contribution in [3.8, 4) is 0 Å². The minimum Gasteiger partial charge on any atom is -0.353 e. The molecule has 0 aliphatic carbocycles. The minimum atomic E-state index is 0.573. The molecule has 2 aromatic heterocycles. The van der Waals surface area contributed by atoms with Crippen molar-refractivity contribution in [3.63, 3.8) is 0 Å². The van der Waals surface area contributed by atoms with Crippen molar-refractivity contribution >= 4 is 23.1 Å². The number of hydrogen-bond acceptors (Lipinski definition) is 4. The highest BCUT2D eigenvalue weighted by Gasteiger charge is 2.12. The zero-order valence-electron chi connectivity index (χ0n) is 9.39. The standard InChI is InChI=1S/C10H14ClN5/c1-3-15(6-4-11)9-10-14-13-8(2)16(10)7-5-12-9/h5,7H,3-4,6H2,1-2H3. The van der Waals surface area contributed by atoms with Crippen molar-refractivity contribution in [2.45, 2.75) is 13.8 Å². The average Bonchev–Trinajstić information content (AvgIpc) is 2.68. The molecule has 0 saturated carbocycles. The topological polar surface area (TPSA) is 46.3 Å². The maximum atomic E-state index is 5.77. The highest BCUT2D eigenvalue weighted by Crippen LogP contribution is 2.16. The van der Waals surface area contributed by atoms with Crippen molar-refractivity contribution in [1.29, 1.82) is 0 Å². The zero-order valence-corrected chi connectivity index (χ0v) is 10.1. The molecule has 0 saturated heterocycles. The maximum absolute atomic E-state index is 5.77. The third-order valence-electron chi connectivity index (χ3n) is 2.51. The predicted octanol–water partition coefficient (Wildman–Crippen LogP) is 1.50. The smallest absolute Gasteiger partial charge is 0.203 e. The summed E-state index contributed by atoms with van der Waals surface area (Å²) in [5.41, 5.74) is 0.784. The molecule has 6 heteroatoms. The molecule has 0 fully saturated rings. The van der Waals surface area contributed by atoms with Crippen LogP contribution in [0.2, 0.25) is 0 Å². The first-order valence-corrected chi connectivity index (χ1v) is 5.78. The molecule has 0 aliphatic heterocycles. The van der Waals surface area contributed by atoms with Gasteiger partial charge in [0, 0.05) is 31.4 Å². The van der Waals surface area contributed by atoms with E-state index in [0.29, 0.717) is 5.88 Å². The van der Waals surface area contributed by atoms with Crippen molar-refractivity contribution in [2.24, 2.45) is 0 Å². The van der Waals surface area contributed by atoms with Gasteiger partial charge in [0.25, 0.3) is 0 Å². The van der Waals surface area contributed by atoms with Crippen molar-refractivity contribution in [2.75, 3.05) is 23.9 Å². The summed E-state index contributed by atoms with van der Waals surface area (Å²) in [6.07, 6.45) is 3.62. The quantitative estimate of drug-likeness (QED) is 0.759. The molecule has 2 aromatic rings. The van der Waals surface area contributed by atoms with E-state index in [1.165, 1.54) is 0 Å². The summed E-state index contributed by atoms with van der Waals surface area (Å²) in [7, 11) is 0. The molecule has 0 radical (unpaired) electrons. The largest absolute Gasteiger partial charge is 0.353 e. The van der Waals surface area contributed by atoms with Gasteiger partial charge in [-0.3, -0.25) is 4.40 Å². The van der Waals surface area contributed by atoms with Crippen LogP contribution in [0.5, 0.6) is 0 Å². The minimum absolute atomic E-state index is 0.573. The Morgan fingerprint density at radius 3 is 2.94 bits per heavy atom. The molecule has 0 unspecified atom stereocenters. The van der Waals surface area contributed by atoms with E-state index in [4.69, 9.17) is 11.6 Å². The molecule has 86 valence electrons. The Balaban J connectivity index is 2.50. The molecule has 16 heavy (non-hydrogen) atoms. The normalized spacial score (nSPS) is 10.9. The second kappa shape index (κ2) is 4.65. The summed E-state index contributed by atoms with van der Waals surface area (Å²) >= 11 is 5.77. The summed E-state index contributed by atoms with van der Waals surface area (Å²) in [6, 6.07) is 0. The van der Waals surface area contributed by atoms with Crippen LogP contribution < -0.4 is 4.90 Å². The molecular weight excluding hydrogens is 226 g/mol. The van der Waals surface area contributed by atoms with Gasteiger partial charge in [-0.15, -0.1) is 21.8 Å². The van der Waals surface area contributed by atoms with E-state index in [1.54, 1.807) is 6.20 Å². The lowest BCUT2D eigenvalue weighted by Gasteiger charge is -2.20. The Morgan fingerprint density at radius 2 is 2.25 bits per heavy atom. The lowest BCUT2D eigenvalue weighted by atomic mass is 10.4. The first-order chi connectivity index (χ1) is 7.77. The number of alkyl halides is 1. The van der Waals surface area contributed by atoms with E-state index < -0.39 is 0 Å². The van der Waals surface area contributed by atoms with Crippen LogP contribution in [-0.4, -0.2) is 38.6 Å². The van der Waals surface area contributed by atoms with Crippen molar-refractivity contribution < 1.29 is 0 Å². The molecule has 0 atom stereocenters. The molecule has 2 heterocycles. The second-order valence-electron chi connectivity index (χ2n) is 3.46. The van der Waals surface area contributed by atoms with Crippen LogP contribution in [0.1, 0.15) is 12.7 Å². The monoisotopic (exact) mass is 239 g/mol. The van der Waals surface area contributed by atoms with Gasteiger partial charge in [0.1, 0.15) is 5.82 Å². The van der Waals surface area contributed by atoms with E-state index in [-0.39, 0.29) is 0 Å². The van der Waals surface area contributed by atoms with Crippen LogP contribution in [0.3, 0.4) is 0 Å². The summed E-state index contributed by atoms with van der Waals surface area (Å²) in [5.74, 6) is 2.27. The van der Waals surface area contributed by atoms with Gasteiger partial charge < -0.3 is 4.90 Å². The van der Waals surface area contributed by atoms with Crippen LogP contribution in [-0.2, 0) is 0 Å². The number of anilines is 1. The lowest BCUT2D eigenvalue weighted by molar-refractivity contribution is 0.845. The Kier molecular flexibility index (Phi) is 3.24. The van der Waals surface area contributed by atoms with E-state index in [1.807, 2.05) is 17.5 Å². The second-order valence-corrected chi connectivity index (χ2v) is 3.84. The van der Waals surface area contributed by atoms with Crippen LogP contribution >= 0.6 is 11.6 Å². The summed E-state index contributed by atoms with van der Waals surface area (Å²) in [5, 5.41) is 8.18. The molecule has 0 bridgehead atoms. The van der Waals surface area contributed by atoms with Gasteiger partial charge in [0.05, 0.1) is 0 Å². The third-order valence-corrected chi connectivity index (χ3v) is 2.68. The number of rotatable bonds is 4. The molecule has 0 aliphatic rings. The van der Waals surface area contributed by atoms with Crippen molar-refractivity contribution in [1.82, 2.24) is 19.6 Å². The van der Waals surface area contributed by atoms with Crippen molar-refractivity contribution in [3.05, 3.63) is 18.2 Å². The van der Waals surface area contributed by atoms with E-state index in [9.17, 15) is 0 Å². The fraction of sp³-hybridized carbons (Fsp3) is 0.500.